The third kappa shape index (κ3) is 3.42. The molecule has 3 heterocycles. The maximum Gasteiger partial charge on any atom is 0.209 e. The second-order valence-electron chi connectivity index (χ2n) is 6.58. The van der Waals surface area contributed by atoms with Crippen molar-refractivity contribution in [1.82, 2.24) is 25.2 Å². The Morgan fingerprint density at radius 2 is 2.08 bits per heavy atom. The van der Waals surface area contributed by atoms with E-state index in [4.69, 9.17) is 9.72 Å². The van der Waals surface area contributed by atoms with Crippen LogP contribution in [0.15, 0.2) is 24.3 Å². The minimum Gasteiger partial charge on any atom is -0.383 e. The van der Waals surface area contributed by atoms with Gasteiger partial charge in [0.15, 0.2) is 5.13 Å². The predicted octanol–water partition coefficient (Wildman–Crippen LogP) is 0.395. The lowest BCUT2D eigenvalue weighted by molar-refractivity contribution is -0.931. The van der Waals surface area contributed by atoms with Crippen LogP contribution in [0.5, 0.6) is 0 Å². The largest absolute Gasteiger partial charge is 0.383 e. The highest BCUT2D eigenvalue weighted by molar-refractivity contribution is 7.22. The molecule has 3 aromatic rings. The molecule has 1 saturated heterocycles. The number of nitrogens with one attached hydrogen (secondary N) is 1. The summed E-state index contributed by atoms with van der Waals surface area (Å²) in [6.07, 6.45) is 0. The van der Waals surface area contributed by atoms with Gasteiger partial charge in [0.1, 0.15) is 6.04 Å². The number of anilines is 1. The molecule has 1 aliphatic rings. The number of methoxy groups -OCH3 is 1. The molecule has 26 heavy (non-hydrogen) atoms. The van der Waals surface area contributed by atoms with Gasteiger partial charge in [-0.05, 0) is 29.5 Å². The van der Waals surface area contributed by atoms with Gasteiger partial charge in [0.2, 0.25) is 5.82 Å². The lowest BCUT2D eigenvalue weighted by atomic mass is 10.2. The molecule has 0 aliphatic carbocycles. The standard InChI is InChI=1S/C17H23N7OS/c1-13(16-19-20-21-24(16)11-12-25-2)22-7-9-23(10-8-22)17-18-14-5-3-4-6-15(14)26-17/h3-6,13H,7-12H2,1-2H3/p+1/t13-/m0/s1. The fourth-order valence-electron chi connectivity index (χ4n) is 3.45. The number of para-hydroxylation sites is 1. The minimum absolute atomic E-state index is 0.263. The molecule has 1 N–H and O–H groups in total. The molecule has 0 saturated carbocycles. The summed E-state index contributed by atoms with van der Waals surface area (Å²) < 4.78 is 8.26. The topological polar surface area (TPSA) is 73.4 Å². The average Bonchev–Trinajstić information content (AvgIpc) is 3.32. The van der Waals surface area contributed by atoms with Gasteiger partial charge in [-0.25, -0.2) is 9.67 Å². The third-order valence-electron chi connectivity index (χ3n) is 5.03. The quantitative estimate of drug-likeness (QED) is 0.673. The monoisotopic (exact) mass is 374 g/mol. The van der Waals surface area contributed by atoms with Crippen LogP contribution in [0.25, 0.3) is 10.2 Å². The summed E-state index contributed by atoms with van der Waals surface area (Å²) >= 11 is 1.78. The molecule has 8 nitrogen and oxygen atoms in total. The van der Waals surface area contributed by atoms with Gasteiger partial charge in [-0.3, -0.25) is 0 Å². The fraction of sp³-hybridized carbons (Fsp3) is 0.529. The molecule has 1 aliphatic heterocycles. The summed E-state index contributed by atoms with van der Waals surface area (Å²) in [5, 5.41) is 13.3. The van der Waals surface area contributed by atoms with Crippen LogP contribution < -0.4 is 9.80 Å². The molecule has 1 atom stereocenters. The predicted molar refractivity (Wildman–Crippen MR) is 101 cm³/mol. The maximum atomic E-state index is 5.15. The van der Waals surface area contributed by atoms with Crippen molar-refractivity contribution in [2.45, 2.75) is 19.5 Å². The first-order chi connectivity index (χ1) is 12.8. The Morgan fingerprint density at radius 1 is 1.27 bits per heavy atom. The summed E-state index contributed by atoms with van der Waals surface area (Å²) in [5.41, 5.74) is 1.09. The second kappa shape index (κ2) is 7.65. The van der Waals surface area contributed by atoms with Crippen molar-refractivity contribution in [3.63, 3.8) is 0 Å². The molecule has 0 bridgehead atoms. The number of hydrogen-bond donors (Lipinski definition) is 1. The number of quaternary nitrogens is 1. The fourth-order valence-corrected chi connectivity index (χ4v) is 4.47. The van der Waals surface area contributed by atoms with Gasteiger partial charge in [-0.2, -0.15) is 0 Å². The summed E-state index contributed by atoms with van der Waals surface area (Å²) in [5.74, 6) is 0.936. The summed E-state index contributed by atoms with van der Waals surface area (Å²) in [4.78, 5) is 8.70. The number of hydrogen-bond acceptors (Lipinski definition) is 7. The van der Waals surface area contributed by atoms with E-state index in [0.717, 1.165) is 42.7 Å². The zero-order valence-corrected chi connectivity index (χ0v) is 15.9. The van der Waals surface area contributed by atoms with Gasteiger partial charge in [0.25, 0.3) is 0 Å². The lowest BCUT2D eigenvalue weighted by Gasteiger charge is -2.34. The molecule has 0 amide bonds. The highest BCUT2D eigenvalue weighted by Crippen LogP contribution is 2.28. The zero-order chi connectivity index (χ0) is 17.9. The van der Waals surface area contributed by atoms with E-state index in [1.54, 1.807) is 18.4 Å². The van der Waals surface area contributed by atoms with Crippen molar-refractivity contribution in [2.24, 2.45) is 0 Å². The zero-order valence-electron chi connectivity index (χ0n) is 15.1. The first kappa shape index (κ1) is 17.3. The molecular weight excluding hydrogens is 350 g/mol. The number of benzene rings is 1. The molecular formula is C17H24N7OS+. The van der Waals surface area contributed by atoms with Crippen molar-refractivity contribution in [1.29, 1.82) is 0 Å². The highest BCUT2D eigenvalue weighted by Gasteiger charge is 2.30. The number of ether oxygens (including phenoxy) is 1. The lowest BCUT2D eigenvalue weighted by Crippen LogP contribution is -3.14. The Bertz CT molecular complexity index is 823. The molecule has 4 rings (SSSR count). The number of aromatic nitrogens is 5. The van der Waals surface area contributed by atoms with Crippen LogP contribution in [0.2, 0.25) is 0 Å². The summed E-state index contributed by atoms with van der Waals surface area (Å²) in [7, 11) is 1.69. The summed E-state index contributed by atoms with van der Waals surface area (Å²) in [6, 6.07) is 8.60. The van der Waals surface area contributed by atoms with Gasteiger partial charge in [-0.15, -0.1) is 5.10 Å². The van der Waals surface area contributed by atoms with Gasteiger partial charge in [0.05, 0.1) is 49.5 Å². The molecule has 2 aromatic heterocycles. The van der Waals surface area contributed by atoms with Crippen LogP contribution in [0.1, 0.15) is 18.8 Å². The molecule has 0 unspecified atom stereocenters. The van der Waals surface area contributed by atoms with Crippen molar-refractivity contribution in [2.75, 3.05) is 44.8 Å². The Hall–Kier alpha value is -2.10. The smallest absolute Gasteiger partial charge is 0.209 e. The normalized spacial score (nSPS) is 17.1. The number of piperazine rings is 1. The van der Waals surface area contributed by atoms with Gasteiger partial charge >= 0.3 is 0 Å². The van der Waals surface area contributed by atoms with Crippen molar-refractivity contribution < 1.29 is 9.64 Å². The minimum atomic E-state index is 0.263. The van der Waals surface area contributed by atoms with E-state index in [1.165, 1.54) is 9.60 Å². The van der Waals surface area contributed by atoms with Crippen LogP contribution >= 0.6 is 11.3 Å². The van der Waals surface area contributed by atoms with E-state index < -0.39 is 0 Å². The van der Waals surface area contributed by atoms with Gasteiger partial charge < -0.3 is 14.5 Å². The molecule has 0 radical (unpaired) electrons. The molecule has 1 fully saturated rings. The summed E-state index contributed by atoms with van der Waals surface area (Å²) in [6.45, 7) is 7.61. The number of rotatable bonds is 6. The molecule has 138 valence electrons. The van der Waals surface area contributed by atoms with E-state index in [0.29, 0.717) is 13.2 Å². The second-order valence-corrected chi connectivity index (χ2v) is 7.59. The van der Waals surface area contributed by atoms with E-state index in [9.17, 15) is 0 Å². The van der Waals surface area contributed by atoms with Crippen LogP contribution in [-0.2, 0) is 11.3 Å². The van der Waals surface area contributed by atoms with Crippen molar-refractivity contribution in [3.8, 4) is 0 Å². The number of tetrazole rings is 1. The first-order valence-corrected chi connectivity index (χ1v) is 9.78. The first-order valence-electron chi connectivity index (χ1n) is 8.96. The Balaban J connectivity index is 1.41. The van der Waals surface area contributed by atoms with E-state index in [2.05, 4.69) is 45.5 Å². The number of fused-ring (bicyclic) bond motifs is 1. The van der Waals surface area contributed by atoms with E-state index in [-0.39, 0.29) is 6.04 Å². The van der Waals surface area contributed by atoms with Crippen molar-refractivity contribution in [3.05, 3.63) is 30.1 Å². The van der Waals surface area contributed by atoms with E-state index >= 15 is 0 Å². The highest BCUT2D eigenvalue weighted by atomic mass is 32.1. The van der Waals surface area contributed by atoms with Crippen LogP contribution in [0, 0.1) is 0 Å². The Morgan fingerprint density at radius 3 is 2.85 bits per heavy atom. The SMILES string of the molecule is COCCn1nnnc1[C@H](C)[NH+]1CCN(c2nc3ccccc3s2)CC1. The average molecular weight is 374 g/mol. The van der Waals surface area contributed by atoms with Crippen LogP contribution in [0.4, 0.5) is 5.13 Å². The van der Waals surface area contributed by atoms with Crippen molar-refractivity contribution >= 4 is 26.7 Å². The van der Waals surface area contributed by atoms with E-state index in [1.807, 2.05) is 10.7 Å². The molecule has 0 spiro atoms. The number of nitrogens with zero attached hydrogens (tertiary/aromatic N) is 6. The maximum absolute atomic E-state index is 5.15. The van der Waals surface area contributed by atoms with Crippen LogP contribution in [-0.4, -0.2) is 65.1 Å². The van der Waals surface area contributed by atoms with Crippen LogP contribution in [0.3, 0.4) is 0 Å². The Labute approximate surface area is 156 Å². The third-order valence-corrected chi connectivity index (χ3v) is 6.12. The molecule has 9 heteroatoms. The van der Waals surface area contributed by atoms with Gasteiger partial charge in [0, 0.05) is 7.11 Å². The van der Waals surface area contributed by atoms with Gasteiger partial charge in [-0.1, -0.05) is 23.5 Å². The number of thiazole rings is 1. The Kier molecular flexibility index (Phi) is 5.09. The molecule has 1 aromatic carbocycles.